The van der Waals surface area contributed by atoms with Gasteiger partial charge in [0.1, 0.15) is 0 Å². The molecular formula is C14H27NO. The summed E-state index contributed by atoms with van der Waals surface area (Å²) in [6.07, 6.45) is 5.24. The highest BCUT2D eigenvalue weighted by atomic mass is 16.5. The van der Waals surface area contributed by atoms with Gasteiger partial charge in [0.2, 0.25) is 0 Å². The Balaban J connectivity index is 1.99. The lowest BCUT2D eigenvalue weighted by atomic mass is 9.92. The van der Waals surface area contributed by atoms with E-state index >= 15 is 0 Å². The van der Waals surface area contributed by atoms with Crippen molar-refractivity contribution in [3.05, 3.63) is 0 Å². The Hall–Kier alpha value is -0.0800. The van der Waals surface area contributed by atoms with Crippen molar-refractivity contribution in [3.63, 3.8) is 0 Å². The maximum absolute atomic E-state index is 6.13. The van der Waals surface area contributed by atoms with Crippen molar-refractivity contribution < 1.29 is 4.74 Å². The van der Waals surface area contributed by atoms with Gasteiger partial charge < -0.3 is 10.1 Å². The monoisotopic (exact) mass is 225 g/mol. The zero-order chi connectivity index (χ0) is 12.0. The first-order valence-electron chi connectivity index (χ1n) is 6.76. The molecule has 0 aromatic rings. The lowest BCUT2D eigenvalue weighted by molar-refractivity contribution is -0.0706. The van der Waals surface area contributed by atoms with Gasteiger partial charge in [0.25, 0.3) is 0 Å². The summed E-state index contributed by atoms with van der Waals surface area (Å²) in [5.74, 6) is 0.833. The number of hydrogen-bond acceptors (Lipinski definition) is 2. The molecule has 0 spiro atoms. The topological polar surface area (TPSA) is 21.3 Å². The second-order valence-corrected chi connectivity index (χ2v) is 6.90. The molecule has 94 valence electrons. The predicted octanol–water partition coefficient (Wildman–Crippen LogP) is 3.11. The lowest BCUT2D eigenvalue weighted by Gasteiger charge is -2.31. The predicted molar refractivity (Wildman–Crippen MR) is 67.6 cm³/mol. The molecule has 0 bridgehead atoms. The molecule has 2 fully saturated rings. The zero-order valence-corrected chi connectivity index (χ0v) is 11.5. The Morgan fingerprint density at radius 1 is 1.12 bits per heavy atom. The van der Waals surface area contributed by atoms with Crippen LogP contribution in [0.1, 0.15) is 60.3 Å². The first-order chi connectivity index (χ1) is 7.30. The van der Waals surface area contributed by atoms with Gasteiger partial charge in [0.05, 0.1) is 11.2 Å². The molecule has 0 aromatic carbocycles. The van der Waals surface area contributed by atoms with Crippen molar-refractivity contribution in [3.8, 4) is 0 Å². The molecule has 2 heteroatoms. The van der Waals surface area contributed by atoms with Crippen LogP contribution in [0.5, 0.6) is 0 Å². The van der Waals surface area contributed by atoms with Gasteiger partial charge in [-0.2, -0.15) is 0 Å². The molecule has 3 unspecified atom stereocenters. The van der Waals surface area contributed by atoms with Crippen LogP contribution in [0.15, 0.2) is 0 Å². The lowest BCUT2D eigenvalue weighted by Crippen LogP contribution is -2.48. The molecule has 0 amide bonds. The Labute approximate surface area is 100 Å². The second kappa shape index (κ2) is 3.99. The van der Waals surface area contributed by atoms with Crippen molar-refractivity contribution in [2.75, 3.05) is 0 Å². The van der Waals surface area contributed by atoms with E-state index in [1.165, 1.54) is 19.3 Å². The Morgan fingerprint density at radius 3 is 2.25 bits per heavy atom. The minimum Gasteiger partial charge on any atom is -0.368 e. The third-order valence-electron chi connectivity index (χ3n) is 4.35. The number of hydrogen-bond donors (Lipinski definition) is 1. The molecule has 0 aromatic heterocycles. The van der Waals surface area contributed by atoms with Crippen LogP contribution < -0.4 is 5.32 Å². The summed E-state index contributed by atoms with van der Waals surface area (Å²) in [5, 5.41) is 3.85. The first-order valence-corrected chi connectivity index (χ1v) is 6.76. The van der Waals surface area contributed by atoms with Crippen LogP contribution in [0.2, 0.25) is 0 Å². The van der Waals surface area contributed by atoms with Crippen LogP contribution in [-0.2, 0) is 4.74 Å². The van der Waals surface area contributed by atoms with Gasteiger partial charge >= 0.3 is 0 Å². The summed E-state index contributed by atoms with van der Waals surface area (Å²) in [4.78, 5) is 0. The average Bonchev–Trinajstić information content (AvgIpc) is 2.56. The number of ether oxygens (including phenoxy) is 1. The van der Waals surface area contributed by atoms with Crippen molar-refractivity contribution in [1.82, 2.24) is 5.32 Å². The summed E-state index contributed by atoms with van der Waals surface area (Å²) in [6, 6.07) is 1.22. The standard InChI is InChI=1S/C14H27NO/c1-10-7-6-8-11(10)15-12-9-13(2,3)16-14(12,4)5/h10-12,15H,6-9H2,1-5H3. The highest BCUT2D eigenvalue weighted by Crippen LogP contribution is 2.38. The molecule has 1 aliphatic heterocycles. The van der Waals surface area contributed by atoms with E-state index in [0.717, 1.165) is 12.3 Å². The van der Waals surface area contributed by atoms with Crippen LogP contribution >= 0.6 is 0 Å². The fraction of sp³-hybridized carbons (Fsp3) is 1.00. The van der Waals surface area contributed by atoms with E-state index < -0.39 is 0 Å². The second-order valence-electron chi connectivity index (χ2n) is 6.90. The molecule has 1 saturated carbocycles. The van der Waals surface area contributed by atoms with Crippen molar-refractivity contribution in [2.24, 2.45) is 5.92 Å². The van der Waals surface area contributed by atoms with E-state index in [2.05, 4.69) is 39.9 Å². The Morgan fingerprint density at radius 2 is 1.81 bits per heavy atom. The average molecular weight is 225 g/mol. The van der Waals surface area contributed by atoms with E-state index in [4.69, 9.17) is 4.74 Å². The van der Waals surface area contributed by atoms with Gasteiger partial charge in [0.15, 0.2) is 0 Å². The van der Waals surface area contributed by atoms with Crippen molar-refractivity contribution in [1.29, 1.82) is 0 Å². The molecule has 1 saturated heterocycles. The molecular weight excluding hydrogens is 198 g/mol. The summed E-state index contributed by atoms with van der Waals surface area (Å²) < 4.78 is 6.13. The number of rotatable bonds is 2. The smallest absolute Gasteiger partial charge is 0.0787 e. The fourth-order valence-corrected chi connectivity index (χ4v) is 3.47. The Bertz CT molecular complexity index is 259. The van der Waals surface area contributed by atoms with E-state index in [-0.39, 0.29) is 11.2 Å². The molecule has 0 radical (unpaired) electrons. The van der Waals surface area contributed by atoms with E-state index in [1.54, 1.807) is 0 Å². The molecule has 1 aliphatic carbocycles. The highest BCUT2D eigenvalue weighted by Gasteiger charge is 2.46. The summed E-state index contributed by atoms with van der Waals surface area (Å²) in [5.41, 5.74) is 0.00875. The summed E-state index contributed by atoms with van der Waals surface area (Å²) >= 11 is 0. The van der Waals surface area contributed by atoms with Crippen LogP contribution in [0.4, 0.5) is 0 Å². The van der Waals surface area contributed by atoms with Crippen LogP contribution in [0.25, 0.3) is 0 Å². The van der Waals surface area contributed by atoms with Crippen LogP contribution in [0.3, 0.4) is 0 Å². The van der Waals surface area contributed by atoms with Gasteiger partial charge in [-0.1, -0.05) is 13.3 Å². The van der Waals surface area contributed by atoms with Crippen molar-refractivity contribution >= 4 is 0 Å². The molecule has 3 atom stereocenters. The largest absolute Gasteiger partial charge is 0.368 e. The van der Waals surface area contributed by atoms with Gasteiger partial charge in [-0.05, 0) is 52.9 Å². The van der Waals surface area contributed by atoms with Crippen LogP contribution in [0, 0.1) is 5.92 Å². The van der Waals surface area contributed by atoms with Crippen molar-refractivity contribution in [2.45, 2.75) is 83.6 Å². The van der Waals surface area contributed by atoms with E-state index in [0.29, 0.717) is 12.1 Å². The molecule has 2 rings (SSSR count). The number of nitrogens with one attached hydrogen (secondary N) is 1. The van der Waals surface area contributed by atoms with E-state index in [9.17, 15) is 0 Å². The van der Waals surface area contributed by atoms with Gasteiger partial charge in [-0.15, -0.1) is 0 Å². The molecule has 2 aliphatic rings. The van der Waals surface area contributed by atoms with Gasteiger partial charge in [-0.25, -0.2) is 0 Å². The molecule has 16 heavy (non-hydrogen) atoms. The maximum Gasteiger partial charge on any atom is 0.0787 e. The fourth-order valence-electron chi connectivity index (χ4n) is 3.47. The molecule has 1 N–H and O–H groups in total. The van der Waals surface area contributed by atoms with E-state index in [1.807, 2.05) is 0 Å². The minimum absolute atomic E-state index is 0.0220. The van der Waals surface area contributed by atoms with Gasteiger partial charge in [0, 0.05) is 12.1 Å². The third kappa shape index (κ3) is 2.43. The SMILES string of the molecule is CC1CCCC1NC1CC(C)(C)OC1(C)C. The van der Waals surface area contributed by atoms with Crippen LogP contribution in [-0.4, -0.2) is 23.3 Å². The third-order valence-corrected chi connectivity index (χ3v) is 4.35. The molecule has 1 heterocycles. The summed E-state index contributed by atoms with van der Waals surface area (Å²) in [6.45, 7) is 11.2. The minimum atomic E-state index is -0.0220. The highest BCUT2D eigenvalue weighted by molar-refractivity contribution is 5.00. The Kier molecular flexibility index (Phi) is 3.09. The zero-order valence-electron chi connectivity index (χ0n) is 11.5. The first kappa shape index (κ1) is 12.4. The normalized spacial score (nSPS) is 41.4. The molecule has 2 nitrogen and oxygen atoms in total. The maximum atomic E-state index is 6.13. The van der Waals surface area contributed by atoms with Gasteiger partial charge in [-0.3, -0.25) is 0 Å². The quantitative estimate of drug-likeness (QED) is 0.779. The summed E-state index contributed by atoms with van der Waals surface area (Å²) in [7, 11) is 0.